The Labute approximate surface area is 251 Å². The number of aliphatic hydroxyl groups is 1. The Morgan fingerprint density at radius 1 is 0.463 bits per heavy atom. The zero-order valence-corrected chi connectivity index (χ0v) is 26.4. The second kappa shape index (κ2) is 35.9. The van der Waals surface area contributed by atoms with E-state index in [1.54, 1.807) is 0 Å². The predicted octanol–water partition coefficient (Wildman–Crippen LogP) is 8.87. The van der Waals surface area contributed by atoms with E-state index in [4.69, 9.17) is 10.2 Å². The summed E-state index contributed by atoms with van der Waals surface area (Å²) in [6.45, 7) is 0.313. The van der Waals surface area contributed by atoms with Crippen molar-refractivity contribution in [2.75, 3.05) is 20.8 Å². The normalized spacial score (nSPS) is 11.0. The van der Waals surface area contributed by atoms with Crippen LogP contribution in [0, 0.1) is 0 Å². The minimum Gasteiger partial charge on any atom is -0.481 e. The number of ether oxygens (including phenoxy) is 2. The second-order valence-corrected chi connectivity index (χ2v) is 10.6. The van der Waals surface area contributed by atoms with Gasteiger partial charge in [-0.05, 0) is 70.6 Å². The first-order chi connectivity index (χ1) is 20.0. The molecule has 0 aliphatic rings. The number of aliphatic carboxylic acids is 1. The fourth-order valence-electron chi connectivity index (χ4n) is 4.25. The molecule has 240 valence electrons. The van der Waals surface area contributed by atoms with E-state index in [1.165, 1.54) is 84.8 Å². The van der Waals surface area contributed by atoms with Crippen molar-refractivity contribution in [2.24, 2.45) is 0 Å². The largest absolute Gasteiger partial charge is 0.481 e. The Kier molecular flexibility index (Phi) is 35.9. The third kappa shape index (κ3) is 40.1. The number of unbranched alkanes of at least 4 members (excludes halogenated alkanes) is 17. The molecule has 0 aliphatic carbocycles. The summed E-state index contributed by atoms with van der Waals surface area (Å²) >= 11 is 0. The van der Waals surface area contributed by atoms with Gasteiger partial charge >= 0.3 is 17.9 Å². The number of hydrogen-bond acceptors (Lipinski definition) is 6. The van der Waals surface area contributed by atoms with Crippen LogP contribution in [-0.2, 0) is 23.9 Å². The SMILES string of the molecule is COC(=O)CCCCCCCCC/C=C\CCCC(=O)O.COC(=O)CCCCCCCCC/C=C\CCCCO. The van der Waals surface area contributed by atoms with Crippen LogP contribution < -0.4 is 0 Å². The fourth-order valence-corrected chi connectivity index (χ4v) is 4.25. The number of carbonyl (C=O) groups is 3. The summed E-state index contributed by atoms with van der Waals surface area (Å²) in [5.41, 5.74) is 0. The molecule has 0 atom stereocenters. The van der Waals surface area contributed by atoms with Crippen LogP contribution in [0.5, 0.6) is 0 Å². The monoisotopic (exact) mass is 582 g/mol. The third-order valence-corrected chi connectivity index (χ3v) is 6.83. The lowest BCUT2D eigenvalue weighted by Gasteiger charge is -2.01. The molecule has 0 heterocycles. The van der Waals surface area contributed by atoms with Crippen LogP contribution in [0.2, 0.25) is 0 Å². The summed E-state index contributed by atoms with van der Waals surface area (Å²) in [5, 5.41) is 17.1. The number of hydrogen-bond donors (Lipinski definition) is 2. The molecule has 0 aromatic carbocycles. The molecule has 0 spiro atoms. The van der Waals surface area contributed by atoms with Gasteiger partial charge in [0.05, 0.1) is 14.2 Å². The Morgan fingerprint density at radius 2 is 0.780 bits per heavy atom. The van der Waals surface area contributed by atoms with Crippen molar-refractivity contribution in [3.8, 4) is 0 Å². The van der Waals surface area contributed by atoms with Crippen molar-refractivity contribution < 1.29 is 34.1 Å². The van der Waals surface area contributed by atoms with E-state index in [0.29, 0.717) is 19.4 Å². The third-order valence-electron chi connectivity index (χ3n) is 6.83. The fraction of sp³-hybridized carbons (Fsp3) is 0.794. The number of rotatable bonds is 28. The molecule has 41 heavy (non-hydrogen) atoms. The van der Waals surface area contributed by atoms with Gasteiger partial charge in [0.25, 0.3) is 0 Å². The van der Waals surface area contributed by atoms with Crippen molar-refractivity contribution in [1.82, 2.24) is 0 Å². The van der Waals surface area contributed by atoms with Gasteiger partial charge in [-0.3, -0.25) is 14.4 Å². The molecular formula is C34H62O7. The molecule has 0 radical (unpaired) electrons. The summed E-state index contributed by atoms with van der Waals surface area (Å²) in [6.07, 6.45) is 33.8. The first kappa shape index (κ1) is 41.0. The van der Waals surface area contributed by atoms with E-state index >= 15 is 0 Å². The molecule has 0 aromatic rings. The van der Waals surface area contributed by atoms with Crippen LogP contribution in [0.3, 0.4) is 0 Å². The van der Waals surface area contributed by atoms with E-state index in [2.05, 4.69) is 33.8 Å². The highest BCUT2D eigenvalue weighted by Crippen LogP contribution is 2.12. The standard InChI is InChI=1S/C17H30O4.C17H32O3/c1-21-17(20)15-13-11-9-7-5-3-2-4-6-8-10-12-14-16(18)19;1-20-17(19)15-13-11-9-7-5-3-2-4-6-8-10-12-14-16-18/h6,8H,2-5,7,9-15H2,1H3,(H,18,19);6,8,18H,2-5,7,9-16H2,1H3/b2*8-6-. The minimum absolute atomic E-state index is 0.0872. The highest BCUT2D eigenvalue weighted by molar-refractivity contribution is 5.69. The first-order valence-electron chi connectivity index (χ1n) is 16.2. The molecule has 0 saturated carbocycles. The average molecular weight is 583 g/mol. The maximum atomic E-state index is 10.9. The lowest BCUT2D eigenvalue weighted by molar-refractivity contribution is -0.141. The minimum atomic E-state index is -0.713. The second-order valence-electron chi connectivity index (χ2n) is 10.6. The number of allylic oxidation sites excluding steroid dienone is 4. The van der Waals surface area contributed by atoms with E-state index in [0.717, 1.165) is 64.2 Å². The molecule has 0 aromatic heterocycles. The van der Waals surface area contributed by atoms with Crippen molar-refractivity contribution >= 4 is 17.9 Å². The Hall–Kier alpha value is -2.15. The summed E-state index contributed by atoms with van der Waals surface area (Å²) in [4.78, 5) is 32.1. The molecule has 0 aliphatic heterocycles. The van der Waals surface area contributed by atoms with Gasteiger partial charge in [0.2, 0.25) is 0 Å². The van der Waals surface area contributed by atoms with Crippen LogP contribution in [-0.4, -0.2) is 48.9 Å². The molecule has 0 unspecified atom stereocenters. The van der Waals surface area contributed by atoms with E-state index in [1.807, 2.05) is 0 Å². The highest BCUT2D eigenvalue weighted by Gasteiger charge is 2.00. The number of carbonyl (C=O) groups excluding carboxylic acids is 2. The number of esters is 2. The van der Waals surface area contributed by atoms with Gasteiger partial charge in [-0.2, -0.15) is 0 Å². The lowest BCUT2D eigenvalue weighted by Crippen LogP contribution is -1.99. The van der Waals surface area contributed by atoms with E-state index < -0.39 is 5.97 Å². The summed E-state index contributed by atoms with van der Waals surface area (Å²) in [7, 11) is 2.88. The number of aliphatic hydroxyl groups excluding tert-OH is 1. The van der Waals surface area contributed by atoms with Gasteiger partial charge in [0, 0.05) is 25.9 Å². The number of carboxylic acids is 1. The number of methoxy groups -OCH3 is 2. The summed E-state index contributed by atoms with van der Waals surface area (Å²) < 4.78 is 9.20. The molecule has 2 N–H and O–H groups in total. The average Bonchev–Trinajstić information content (AvgIpc) is 2.97. The highest BCUT2D eigenvalue weighted by atomic mass is 16.5. The first-order valence-corrected chi connectivity index (χ1v) is 16.2. The van der Waals surface area contributed by atoms with E-state index in [9.17, 15) is 14.4 Å². The van der Waals surface area contributed by atoms with Gasteiger partial charge in [0.15, 0.2) is 0 Å². The van der Waals surface area contributed by atoms with E-state index in [-0.39, 0.29) is 18.4 Å². The van der Waals surface area contributed by atoms with Gasteiger partial charge in [-0.15, -0.1) is 0 Å². The molecule has 0 fully saturated rings. The number of carboxylic acid groups (broad SMARTS) is 1. The lowest BCUT2D eigenvalue weighted by atomic mass is 10.1. The van der Waals surface area contributed by atoms with Gasteiger partial charge < -0.3 is 19.7 Å². The topological polar surface area (TPSA) is 110 Å². The Bertz CT molecular complexity index is 643. The van der Waals surface area contributed by atoms with Crippen molar-refractivity contribution in [1.29, 1.82) is 0 Å². The molecule has 0 bridgehead atoms. The zero-order valence-electron chi connectivity index (χ0n) is 26.4. The molecule has 0 rings (SSSR count). The quantitative estimate of drug-likeness (QED) is 0.0538. The molecular weight excluding hydrogens is 520 g/mol. The molecule has 0 amide bonds. The molecule has 0 saturated heterocycles. The smallest absolute Gasteiger partial charge is 0.305 e. The van der Waals surface area contributed by atoms with Crippen LogP contribution >= 0.6 is 0 Å². The van der Waals surface area contributed by atoms with Crippen LogP contribution in [0.25, 0.3) is 0 Å². The summed E-state index contributed by atoms with van der Waals surface area (Å²) in [6, 6.07) is 0. The van der Waals surface area contributed by atoms with Crippen molar-refractivity contribution in [3.05, 3.63) is 24.3 Å². The van der Waals surface area contributed by atoms with Gasteiger partial charge in [-0.1, -0.05) is 88.5 Å². The van der Waals surface area contributed by atoms with Gasteiger partial charge in [-0.25, -0.2) is 0 Å². The maximum absolute atomic E-state index is 10.9. The predicted molar refractivity (Wildman–Crippen MR) is 168 cm³/mol. The van der Waals surface area contributed by atoms with Crippen LogP contribution in [0.1, 0.15) is 154 Å². The maximum Gasteiger partial charge on any atom is 0.305 e. The molecule has 7 nitrogen and oxygen atoms in total. The Morgan fingerprint density at radius 3 is 1.12 bits per heavy atom. The molecule has 7 heteroatoms. The van der Waals surface area contributed by atoms with Crippen molar-refractivity contribution in [3.63, 3.8) is 0 Å². The van der Waals surface area contributed by atoms with Crippen LogP contribution in [0.4, 0.5) is 0 Å². The van der Waals surface area contributed by atoms with Gasteiger partial charge in [0.1, 0.15) is 0 Å². The zero-order chi connectivity index (χ0) is 30.7. The Balaban J connectivity index is 0. The van der Waals surface area contributed by atoms with Crippen LogP contribution in [0.15, 0.2) is 24.3 Å². The van der Waals surface area contributed by atoms with Crippen molar-refractivity contribution in [2.45, 2.75) is 154 Å². The summed E-state index contributed by atoms with van der Waals surface area (Å²) in [5.74, 6) is -0.907.